The number of aryl methyl sites for hydroxylation is 1. The first kappa shape index (κ1) is 22.1. The van der Waals surface area contributed by atoms with Crippen LogP contribution in [0.3, 0.4) is 0 Å². The standard InChI is InChI=1S/C25H21N5O2S/c1-17-13-19(8-10-23(17)32-20-6-4-11-26-15-20)30-24-21-14-18(5-3-12-27-25(31)33-2)7-9-22(21)28-16-29-24/h4,6-11,13-16H,12H2,1-2H3,(H,27,31)(H,28,29,30). The van der Waals surface area contributed by atoms with Crippen molar-refractivity contribution in [2.75, 3.05) is 18.1 Å². The molecular weight excluding hydrogens is 434 g/mol. The molecule has 2 N–H and O–H groups in total. The topological polar surface area (TPSA) is 89.0 Å². The third kappa shape index (κ3) is 5.79. The van der Waals surface area contributed by atoms with Crippen LogP contribution in [-0.2, 0) is 0 Å². The van der Waals surface area contributed by atoms with Crippen LogP contribution < -0.4 is 15.4 Å². The molecule has 8 heteroatoms. The predicted molar refractivity (Wildman–Crippen MR) is 132 cm³/mol. The maximum Gasteiger partial charge on any atom is 0.279 e. The van der Waals surface area contributed by atoms with E-state index in [1.807, 2.05) is 55.5 Å². The molecule has 0 radical (unpaired) electrons. The number of carbonyl (C=O) groups excluding carboxylic acids is 1. The molecule has 33 heavy (non-hydrogen) atoms. The van der Waals surface area contributed by atoms with Gasteiger partial charge in [-0.05, 0) is 67.3 Å². The summed E-state index contributed by atoms with van der Waals surface area (Å²) in [5.41, 5.74) is 3.47. The van der Waals surface area contributed by atoms with Crippen molar-refractivity contribution in [3.8, 4) is 23.3 Å². The highest BCUT2D eigenvalue weighted by Crippen LogP contribution is 2.29. The van der Waals surface area contributed by atoms with Gasteiger partial charge in [-0.3, -0.25) is 9.78 Å². The Balaban J connectivity index is 1.54. The van der Waals surface area contributed by atoms with Gasteiger partial charge in [0.1, 0.15) is 23.6 Å². The Morgan fingerprint density at radius 2 is 2.06 bits per heavy atom. The second kappa shape index (κ2) is 10.5. The molecule has 0 atom stereocenters. The zero-order chi connectivity index (χ0) is 23.0. The molecule has 0 saturated heterocycles. The van der Waals surface area contributed by atoms with Crippen molar-refractivity contribution < 1.29 is 9.53 Å². The summed E-state index contributed by atoms with van der Waals surface area (Å²) < 4.78 is 5.91. The monoisotopic (exact) mass is 455 g/mol. The number of amides is 1. The van der Waals surface area contributed by atoms with Gasteiger partial charge >= 0.3 is 0 Å². The average Bonchev–Trinajstić information content (AvgIpc) is 2.84. The number of hydrogen-bond donors (Lipinski definition) is 2. The molecule has 4 aromatic rings. The van der Waals surface area contributed by atoms with Gasteiger partial charge in [0, 0.05) is 22.8 Å². The fraction of sp³-hybridized carbons (Fsp3) is 0.120. The van der Waals surface area contributed by atoms with Crippen LogP contribution in [0.1, 0.15) is 11.1 Å². The number of rotatable bonds is 5. The van der Waals surface area contributed by atoms with E-state index in [9.17, 15) is 4.79 Å². The number of anilines is 2. The SMILES string of the molecule is CSC(=O)NCC#Cc1ccc2ncnc(Nc3ccc(Oc4cccnc4)c(C)c3)c2c1. The molecule has 7 nitrogen and oxygen atoms in total. The summed E-state index contributed by atoms with van der Waals surface area (Å²) in [7, 11) is 0. The van der Waals surface area contributed by atoms with E-state index in [1.54, 1.807) is 18.6 Å². The third-order valence-electron chi connectivity index (χ3n) is 4.67. The van der Waals surface area contributed by atoms with Gasteiger partial charge in [0.15, 0.2) is 0 Å². The molecule has 2 aromatic carbocycles. The fourth-order valence-corrected chi connectivity index (χ4v) is 3.30. The Bertz CT molecular complexity index is 1350. The minimum Gasteiger partial charge on any atom is -0.455 e. The molecule has 0 aliphatic carbocycles. The lowest BCUT2D eigenvalue weighted by atomic mass is 10.1. The van der Waals surface area contributed by atoms with Gasteiger partial charge in [-0.1, -0.05) is 23.6 Å². The number of pyridine rings is 1. The maximum atomic E-state index is 11.3. The zero-order valence-electron chi connectivity index (χ0n) is 18.1. The smallest absolute Gasteiger partial charge is 0.279 e. The molecule has 0 saturated carbocycles. The molecular formula is C25H21N5O2S. The Labute approximate surface area is 196 Å². The molecule has 0 aliphatic rings. The number of nitrogens with one attached hydrogen (secondary N) is 2. The summed E-state index contributed by atoms with van der Waals surface area (Å²) >= 11 is 1.12. The number of thioether (sulfide) groups is 1. The number of aromatic nitrogens is 3. The van der Waals surface area contributed by atoms with Crippen LogP contribution in [-0.4, -0.2) is 33.0 Å². The normalized spacial score (nSPS) is 10.2. The van der Waals surface area contributed by atoms with E-state index in [2.05, 4.69) is 37.4 Å². The number of benzene rings is 2. The summed E-state index contributed by atoms with van der Waals surface area (Å²) in [4.78, 5) is 24.1. The first-order chi connectivity index (χ1) is 16.1. The van der Waals surface area contributed by atoms with Gasteiger partial charge in [0.2, 0.25) is 0 Å². The van der Waals surface area contributed by atoms with Gasteiger partial charge in [-0.25, -0.2) is 9.97 Å². The van der Waals surface area contributed by atoms with Crippen LogP contribution in [0.2, 0.25) is 0 Å². The molecule has 0 unspecified atom stereocenters. The number of hydrogen-bond acceptors (Lipinski definition) is 7. The van der Waals surface area contributed by atoms with Gasteiger partial charge in [0.25, 0.3) is 5.24 Å². The van der Waals surface area contributed by atoms with E-state index < -0.39 is 0 Å². The van der Waals surface area contributed by atoms with Crippen LogP contribution in [0, 0.1) is 18.8 Å². The van der Waals surface area contributed by atoms with Crippen LogP contribution in [0.15, 0.2) is 67.3 Å². The first-order valence-electron chi connectivity index (χ1n) is 10.1. The quantitative estimate of drug-likeness (QED) is 0.395. The number of nitrogens with zero attached hydrogens (tertiary/aromatic N) is 3. The van der Waals surface area contributed by atoms with E-state index in [-0.39, 0.29) is 5.24 Å². The highest BCUT2D eigenvalue weighted by molar-refractivity contribution is 8.12. The Morgan fingerprint density at radius 3 is 2.85 bits per heavy atom. The first-order valence-corrected chi connectivity index (χ1v) is 11.4. The molecule has 1 amide bonds. The molecule has 2 aromatic heterocycles. The lowest BCUT2D eigenvalue weighted by molar-refractivity contribution is 0.262. The molecule has 2 heterocycles. The Morgan fingerprint density at radius 1 is 1.15 bits per heavy atom. The average molecular weight is 456 g/mol. The Kier molecular flexibility index (Phi) is 7.03. The number of ether oxygens (including phenoxy) is 1. The Hall–Kier alpha value is -4.09. The lowest BCUT2D eigenvalue weighted by Gasteiger charge is -2.12. The van der Waals surface area contributed by atoms with E-state index in [1.165, 1.54) is 6.33 Å². The van der Waals surface area contributed by atoms with E-state index >= 15 is 0 Å². The van der Waals surface area contributed by atoms with Gasteiger partial charge in [0.05, 0.1) is 18.3 Å². The van der Waals surface area contributed by atoms with Crippen molar-refractivity contribution in [3.05, 3.63) is 78.4 Å². The van der Waals surface area contributed by atoms with E-state index in [0.29, 0.717) is 18.1 Å². The largest absolute Gasteiger partial charge is 0.455 e. The predicted octanol–water partition coefficient (Wildman–Crippen LogP) is 5.29. The second-order valence-electron chi connectivity index (χ2n) is 7.00. The molecule has 0 aliphatic heterocycles. The summed E-state index contributed by atoms with van der Waals surface area (Å²) in [6.45, 7) is 2.28. The minimum absolute atomic E-state index is 0.102. The minimum atomic E-state index is -0.102. The van der Waals surface area contributed by atoms with Crippen LogP contribution >= 0.6 is 11.8 Å². The summed E-state index contributed by atoms with van der Waals surface area (Å²) in [6.07, 6.45) is 6.64. The summed E-state index contributed by atoms with van der Waals surface area (Å²) in [6, 6.07) is 15.3. The third-order valence-corrected chi connectivity index (χ3v) is 5.19. The lowest BCUT2D eigenvalue weighted by Crippen LogP contribution is -2.17. The van der Waals surface area contributed by atoms with Crippen molar-refractivity contribution in [3.63, 3.8) is 0 Å². The molecule has 0 bridgehead atoms. The molecule has 164 valence electrons. The molecule has 0 fully saturated rings. The fourth-order valence-electron chi connectivity index (χ4n) is 3.08. The van der Waals surface area contributed by atoms with Gasteiger partial charge in [-0.15, -0.1) is 0 Å². The molecule has 0 spiro atoms. The van der Waals surface area contributed by atoms with Crippen LogP contribution in [0.5, 0.6) is 11.5 Å². The summed E-state index contributed by atoms with van der Waals surface area (Å²) in [5, 5.41) is 6.83. The highest BCUT2D eigenvalue weighted by atomic mass is 32.2. The zero-order valence-corrected chi connectivity index (χ0v) is 18.9. The number of carbonyl (C=O) groups is 1. The van der Waals surface area contributed by atoms with Crippen molar-refractivity contribution in [2.24, 2.45) is 0 Å². The maximum absolute atomic E-state index is 11.3. The van der Waals surface area contributed by atoms with E-state index in [4.69, 9.17) is 4.74 Å². The summed E-state index contributed by atoms with van der Waals surface area (Å²) in [5.74, 6) is 8.15. The van der Waals surface area contributed by atoms with Gasteiger partial charge in [-0.2, -0.15) is 0 Å². The van der Waals surface area contributed by atoms with E-state index in [0.717, 1.165) is 45.2 Å². The molecule has 4 rings (SSSR count). The van der Waals surface area contributed by atoms with Crippen molar-refractivity contribution in [1.82, 2.24) is 20.3 Å². The van der Waals surface area contributed by atoms with Crippen LogP contribution in [0.4, 0.5) is 16.3 Å². The second-order valence-corrected chi connectivity index (χ2v) is 7.78. The van der Waals surface area contributed by atoms with Crippen LogP contribution in [0.25, 0.3) is 10.9 Å². The number of fused-ring (bicyclic) bond motifs is 1. The van der Waals surface area contributed by atoms with Gasteiger partial charge < -0.3 is 15.4 Å². The van der Waals surface area contributed by atoms with Crippen molar-refractivity contribution in [1.29, 1.82) is 0 Å². The highest BCUT2D eigenvalue weighted by Gasteiger charge is 2.08. The van der Waals surface area contributed by atoms with Crippen molar-refractivity contribution >= 4 is 39.4 Å². The van der Waals surface area contributed by atoms with Crippen molar-refractivity contribution in [2.45, 2.75) is 6.92 Å².